The molecule has 2 atom stereocenters. The minimum atomic E-state index is -0.752. The second kappa shape index (κ2) is 6.17. The van der Waals surface area contributed by atoms with Crippen molar-refractivity contribution in [1.82, 2.24) is 0 Å². The summed E-state index contributed by atoms with van der Waals surface area (Å²) in [7, 11) is 0. The van der Waals surface area contributed by atoms with Crippen LogP contribution in [-0.4, -0.2) is 47.5 Å². The fourth-order valence-corrected chi connectivity index (χ4v) is 2.26. The normalized spacial score (nSPS) is 20.8. The lowest BCUT2D eigenvalue weighted by atomic mass is 10.1. The van der Waals surface area contributed by atoms with E-state index in [9.17, 15) is 15.2 Å². The van der Waals surface area contributed by atoms with Crippen molar-refractivity contribution in [3.8, 4) is 0 Å². The van der Waals surface area contributed by atoms with Crippen LogP contribution in [0.5, 0.6) is 0 Å². The third kappa shape index (κ3) is 3.06. The topological polar surface area (TPSA) is 96.1 Å². The Kier molecular flexibility index (Phi) is 4.53. The minimum absolute atomic E-state index is 0.0398. The van der Waals surface area contributed by atoms with Crippen LogP contribution in [0.25, 0.3) is 0 Å². The van der Waals surface area contributed by atoms with Crippen LogP contribution < -0.4 is 4.90 Å². The van der Waals surface area contributed by atoms with Gasteiger partial charge in [0.2, 0.25) is 0 Å². The van der Waals surface area contributed by atoms with Gasteiger partial charge in [-0.2, -0.15) is 0 Å². The zero-order chi connectivity index (χ0) is 14.7. The lowest BCUT2D eigenvalue weighted by molar-refractivity contribution is -0.384. The molecule has 7 heteroatoms. The Balaban J connectivity index is 2.32. The number of benzene rings is 1. The van der Waals surface area contributed by atoms with Crippen molar-refractivity contribution in [2.24, 2.45) is 0 Å². The molecule has 2 N–H and O–H groups in total. The fourth-order valence-electron chi connectivity index (χ4n) is 2.26. The average Bonchev–Trinajstić information content (AvgIpc) is 2.46. The van der Waals surface area contributed by atoms with Crippen LogP contribution in [0.4, 0.5) is 11.4 Å². The maximum Gasteiger partial charge on any atom is 0.292 e. The van der Waals surface area contributed by atoms with E-state index < -0.39 is 11.0 Å². The van der Waals surface area contributed by atoms with Gasteiger partial charge in [-0.05, 0) is 18.6 Å². The molecular weight excluding hydrogens is 264 g/mol. The third-order valence-electron chi connectivity index (χ3n) is 3.36. The first-order valence-corrected chi connectivity index (χ1v) is 6.46. The summed E-state index contributed by atoms with van der Waals surface area (Å²) < 4.78 is 5.34. The molecule has 1 saturated heterocycles. The number of ether oxygens (including phenoxy) is 1. The Labute approximate surface area is 116 Å². The van der Waals surface area contributed by atoms with Gasteiger partial charge in [-0.3, -0.25) is 10.1 Å². The first-order chi connectivity index (χ1) is 9.52. The van der Waals surface area contributed by atoms with Crippen LogP contribution in [0.3, 0.4) is 0 Å². The third-order valence-corrected chi connectivity index (χ3v) is 3.36. The number of nitro groups is 1. The molecule has 20 heavy (non-hydrogen) atoms. The summed E-state index contributed by atoms with van der Waals surface area (Å²) in [6.07, 6.45) is -1.09. The van der Waals surface area contributed by atoms with Crippen molar-refractivity contribution in [3.63, 3.8) is 0 Å². The van der Waals surface area contributed by atoms with E-state index in [1.54, 1.807) is 19.1 Å². The summed E-state index contributed by atoms with van der Waals surface area (Å²) in [5.41, 5.74) is 0.954. The second-order valence-corrected chi connectivity index (χ2v) is 4.80. The van der Waals surface area contributed by atoms with Gasteiger partial charge in [-0.15, -0.1) is 0 Å². The molecule has 7 nitrogen and oxygen atoms in total. The van der Waals surface area contributed by atoms with Gasteiger partial charge in [0.15, 0.2) is 0 Å². The molecule has 1 aromatic carbocycles. The fraction of sp³-hybridized carbons (Fsp3) is 0.538. The van der Waals surface area contributed by atoms with E-state index in [0.717, 1.165) is 0 Å². The average molecular weight is 282 g/mol. The zero-order valence-electron chi connectivity index (χ0n) is 11.2. The smallest absolute Gasteiger partial charge is 0.292 e. The molecule has 1 aliphatic heterocycles. The van der Waals surface area contributed by atoms with Gasteiger partial charge in [0.1, 0.15) is 5.69 Å². The van der Waals surface area contributed by atoms with Crippen molar-refractivity contribution >= 4 is 11.4 Å². The number of rotatable bonds is 4. The molecule has 1 aromatic rings. The SMILES string of the molecule is C[C@H](O)c1ccc(N2CCOC(CO)C2)c([N+](=O)[O-])c1. The first kappa shape index (κ1) is 14.7. The molecule has 1 heterocycles. The molecule has 110 valence electrons. The monoisotopic (exact) mass is 282 g/mol. The number of morpholine rings is 1. The lowest BCUT2D eigenvalue weighted by Gasteiger charge is -2.33. The van der Waals surface area contributed by atoms with Crippen molar-refractivity contribution in [3.05, 3.63) is 33.9 Å². The molecule has 0 aliphatic carbocycles. The van der Waals surface area contributed by atoms with Crippen LogP contribution in [-0.2, 0) is 4.74 Å². The van der Waals surface area contributed by atoms with Gasteiger partial charge < -0.3 is 19.8 Å². The van der Waals surface area contributed by atoms with E-state index in [4.69, 9.17) is 9.84 Å². The van der Waals surface area contributed by atoms with Gasteiger partial charge in [-0.1, -0.05) is 6.07 Å². The van der Waals surface area contributed by atoms with Crippen LogP contribution in [0.15, 0.2) is 18.2 Å². The van der Waals surface area contributed by atoms with Gasteiger partial charge in [0.05, 0.1) is 30.3 Å². The van der Waals surface area contributed by atoms with Crippen molar-refractivity contribution in [2.75, 3.05) is 31.2 Å². The highest BCUT2D eigenvalue weighted by molar-refractivity contribution is 5.64. The number of anilines is 1. The van der Waals surface area contributed by atoms with Gasteiger partial charge in [0, 0.05) is 19.2 Å². The summed E-state index contributed by atoms with van der Waals surface area (Å²) >= 11 is 0. The number of hydrogen-bond donors (Lipinski definition) is 2. The Morgan fingerprint density at radius 1 is 1.60 bits per heavy atom. The molecule has 0 aromatic heterocycles. The number of nitrogens with zero attached hydrogens (tertiary/aromatic N) is 2. The van der Waals surface area contributed by atoms with Gasteiger partial charge in [-0.25, -0.2) is 0 Å². The highest BCUT2D eigenvalue weighted by atomic mass is 16.6. The van der Waals surface area contributed by atoms with Crippen LogP contribution >= 0.6 is 0 Å². The molecule has 0 spiro atoms. The van der Waals surface area contributed by atoms with Crippen LogP contribution in [0.2, 0.25) is 0 Å². The highest BCUT2D eigenvalue weighted by Crippen LogP contribution is 2.32. The summed E-state index contributed by atoms with van der Waals surface area (Å²) in [4.78, 5) is 12.6. The Bertz CT molecular complexity index is 492. The van der Waals surface area contributed by atoms with E-state index >= 15 is 0 Å². The van der Waals surface area contributed by atoms with E-state index in [0.29, 0.717) is 30.9 Å². The first-order valence-electron chi connectivity index (χ1n) is 6.46. The number of nitro benzene ring substituents is 1. The summed E-state index contributed by atoms with van der Waals surface area (Å²) in [5, 5.41) is 29.9. The van der Waals surface area contributed by atoms with Crippen molar-refractivity contribution in [2.45, 2.75) is 19.1 Å². The summed E-state index contributed by atoms with van der Waals surface area (Å²) in [5.74, 6) is 0. The number of aliphatic hydroxyl groups is 2. The molecule has 0 bridgehead atoms. The highest BCUT2D eigenvalue weighted by Gasteiger charge is 2.26. The Morgan fingerprint density at radius 2 is 2.35 bits per heavy atom. The molecule has 0 amide bonds. The summed E-state index contributed by atoms with van der Waals surface area (Å²) in [6, 6.07) is 4.71. The maximum absolute atomic E-state index is 11.2. The van der Waals surface area contributed by atoms with Crippen molar-refractivity contribution < 1.29 is 19.9 Å². The molecule has 0 radical (unpaired) electrons. The number of hydrogen-bond acceptors (Lipinski definition) is 6. The maximum atomic E-state index is 11.2. The molecule has 1 aliphatic rings. The summed E-state index contributed by atoms with van der Waals surface area (Å²) in [6.45, 7) is 2.81. The largest absolute Gasteiger partial charge is 0.394 e. The molecular formula is C13H18N2O5. The van der Waals surface area contributed by atoms with E-state index in [2.05, 4.69) is 0 Å². The predicted octanol–water partition coefficient (Wildman–Crippen LogP) is 0.846. The molecule has 2 rings (SSSR count). The van der Waals surface area contributed by atoms with Crippen LogP contribution in [0, 0.1) is 10.1 Å². The quantitative estimate of drug-likeness (QED) is 0.627. The van der Waals surface area contributed by atoms with Crippen LogP contribution in [0.1, 0.15) is 18.6 Å². The Hall–Kier alpha value is -1.70. The second-order valence-electron chi connectivity index (χ2n) is 4.80. The standard InChI is InChI=1S/C13H18N2O5/c1-9(17)10-2-3-12(13(6-10)15(18)19)14-4-5-20-11(7-14)8-16/h2-3,6,9,11,16-17H,4-5,7-8H2,1H3/t9-,11?/m0/s1. The molecule has 1 unspecified atom stereocenters. The zero-order valence-corrected chi connectivity index (χ0v) is 11.2. The van der Waals surface area contributed by atoms with E-state index in [1.807, 2.05) is 4.90 Å². The van der Waals surface area contributed by atoms with E-state index in [-0.39, 0.29) is 18.4 Å². The van der Waals surface area contributed by atoms with E-state index in [1.165, 1.54) is 6.07 Å². The van der Waals surface area contributed by atoms with Crippen molar-refractivity contribution in [1.29, 1.82) is 0 Å². The molecule has 1 fully saturated rings. The lowest BCUT2D eigenvalue weighted by Crippen LogP contribution is -2.44. The predicted molar refractivity (Wildman–Crippen MR) is 72.8 cm³/mol. The number of aliphatic hydroxyl groups excluding tert-OH is 2. The minimum Gasteiger partial charge on any atom is -0.394 e. The Morgan fingerprint density at radius 3 is 2.95 bits per heavy atom. The van der Waals surface area contributed by atoms with Gasteiger partial charge in [0.25, 0.3) is 5.69 Å². The molecule has 0 saturated carbocycles. The van der Waals surface area contributed by atoms with Gasteiger partial charge >= 0.3 is 0 Å².